The van der Waals surface area contributed by atoms with Gasteiger partial charge in [0.25, 0.3) is 0 Å². The van der Waals surface area contributed by atoms with Crippen molar-refractivity contribution in [2.75, 3.05) is 13.1 Å². The molecule has 1 heterocycles. The van der Waals surface area contributed by atoms with Crippen molar-refractivity contribution >= 4 is 23.4 Å². The summed E-state index contributed by atoms with van der Waals surface area (Å²) in [6.07, 6.45) is 2.83. The van der Waals surface area contributed by atoms with E-state index in [9.17, 15) is 9.59 Å². The van der Waals surface area contributed by atoms with Gasteiger partial charge in [0, 0.05) is 35.5 Å². The fourth-order valence-electron chi connectivity index (χ4n) is 3.77. The Bertz CT molecular complexity index is 772. The van der Waals surface area contributed by atoms with E-state index in [4.69, 9.17) is 16.9 Å². The number of likely N-dealkylation sites (tertiary alicyclic amines) is 1. The lowest BCUT2D eigenvalue weighted by Gasteiger charge is -2.27. The van der Waals surface area contributed by atoms with Gasteiger partial charge >= 0.3 is 0 Å². The van der Waals surface area contributed by atoms with Crippen LogP contribution in [0.1, 0.15) is 51.0 Å². The van der Waals surface area contributed by atoms with Gasteiger partial charge in [0.2, 0.25) is 11.8 Å². The Hall–Kier alpha value is -2.10. The van der Waals surface area contributed by atoms with Gasteiger partial charge in [0.1, 0.15) is 6.04 Å². The Kier molecular flexibility index (Phi) is 6.26. The highest BCUT2D eigenvalue weighted by Crippen LogP contribution is 2.41. The molecule has 0 radical (unpaired) electrons. The molecule has 1 aliphatic carbocycles. The molecule has 2 amide bonds. The molecule has 150 valence electrons. The van der Waals surface area contributed by atoms with Crippen LogP contribution in [0.25, 0.3) is 0 Å². The van der Waals surface area contributed by atoms with Crippen molar-refractivity contribution in [3.05, 3.63) is 34.9 Å². The SMILES string of the molecule is CC(C)(CC(=O)N[C@H]1C[C@@H]1c1ccc(Cl)cc1)NCC(=O)N1CCC[C@H]1C#N. The van der Waals surface area contributed by atoms with Crippen LogP contribution in [-0.4, -0.2) is 47.4 Å². The lowest BCUT2D eigenvalue weighted by molar-refractivity contribution is -0.131. The molecule has 0 spiro atoms. The minimum absolute atomic E-state index is 0.0255. The second kappa shape index (κ2) is 8.50. The van der Waals surface area contributed by atoms with Crippen LogP contribution >= 0.6 is 11.6 Å². The van der Waals surface area contributed by atoms with Gasteiger partial charge in [-0.25, -0.2) is 0 Å². The molecule has 1 aromatic rings. The van der Waals surface area contributed by atoms with Gasteiger partial charge in [-0.05, 0) is 50.8 Å². The van der Waals surface area contributed by atoms with E-state index >= 15 is 0 Å². The summed E-state index contributed by atoms with van der Waals surface area (Å²) in [7, 11) is 0. The molecule has 3 atom stereocenters. The summed E-state index contributed by atoms with van der Waals surface area (Å²) < 4.78 is 0. The summed E-state index contributed by atoms with van der Waals surface area (Å²) in [5, 5.41) is 16.1. The fourth-order valence-corrected chi connectivity index (χ4v) is 3.90. The van der Waals surface area contributed by atoms with Gasteiger partial charge in [-0.3, -0.25) is 9.59 Å². The largest absolute Gasteiger partial charge is 0.353 e. The number of carbonyl (C=O) groups excluding carboxylic acids is 2. The summed E-state index contributed by atoms with van der Waals surface area (Å²) in [6, 6.07) is 9.77. The summed E-state index contributed by atoms with van der Waals surface area (Å²) in [4.78, 5) is 26.4. The number of carbonyl (C=O) groups is 2. The third-order valence-electron chi connectivity index (χ3n) is 5.48. The molecule has 28 heavy (non-hydrogen) atoms. The average Bonchev–Trinajstić information content (AvgIpc) is 3.22. The molecule has 1 saturated carbocycles. The Morgan fingerprint density at radius 3 is 2.71 bits per heavy atom. The van der Waals surface area contributed by atoms with Gasteiger partial charge in [-0.2, -0.15) is 5.26 Å². The molecule has 1 saturated heterocycles. The Labute approximate surface area is 171 Å². The van der Waals surface area contributed by atoms with Crippen LogP contribution in [-0.2, 0) is 9.59 Å². The molecular weight excluding hydrogens is 376 g/mol. The molecular formula is C21H27ClN4O2. The van der Waals surface area contributed by atoms with Crippen molar-refractivity contribution in [3.8, 4) is 6.07 Å². The first kappa shape index (κ1) is 20.6. The zero-order chi connectivity index (χ0) is 20.3. The van der Waals surface area contributed by atoms with Crippen LogP contribution in [0.15, 0.2) is 24.3 Å². The van der Waals surface area contributed by atoms with E-state index in [1.54, 1.807) is 4.90 Å². The van der Waals surface area contributed by atoms with Crippen LogP contribution in [0, 0.1) is 11.3 Å². The maximum absolute atomic E-state index is 12.4. The third kappa shape index (κ3) is 5.24. The van der Waals surface area contributed by atoms with Crippen molar-refractivity contribution in [2.45, 2.75) is 63.1 Å². The highest BCUT2D eigenvalue weighted by Gasteiger charge is 2.40. The van der Waals surface area contributed by atoms with Crippen molar-refractivity contribution in [3.63, 3.8) is 0 Å². The maximum atomic E-state index is 12.4. The van der Waals surface area contributed by atoms with E-state index in [2.05, 4.69) is 16.7 Å². The summed E-state index contributed by atoms with van der Waals surface area (Å²) in [6.45, 7) is 4.59. The Morgan fingerprint density at radius 1 is 1.32 bits per heavy atom. The molecule has 2 fully saturated rings. The maximum Gasteiger partial charge on any atom is 0.237 e. The number of rotatable bonds is 7. The van der Waals surface area contributed by atoms with Crippen LogP contribution < -0.4 is 10.6 Å². The molecule has 6 nitrogen and oxygen atoms in total. The van der Waals surface area contributed by atoms with Crippen molar-refractivity contribution in [2.24, 2.45) is 0 Å². The van der Waals surface area contributed by atoms with E-state index in [1.165, 1.54) is 5.56 Å². The van der Waals surface area contributed by atoms with E-state index in [0.717, 1.165) is 19.3 Å². The first-order chi connectivity index (χ1) is 13.3. The zero-order valence-electron chi connectivity index (χ0n) is 16.4. The Morgan fingerprint density at radius 2 is 2.04 bits per heavy atom. The predicted molar refractivity (Wildman–Crippen MR) is 108 cm³/mol. The van der Waals surface area contributed by atoms with Gasteiger partial charge in [0.15, 0.2) is 0 Å². The van der Waals surface area contributed by atoms with Crippen molar-refractivity contribution in [1.29, 1.82) is 5.26 Å². The molecule has 0 bridgehead atoms. The smallest absolute Gasteiger partial charge is 0.237 e. The predicted octanol–water partition coefficient (Wildman–Crippen LogP) is 2.58. The lowest BCUT2D eigenvalue weighted by Crippen LogP contribution is -2.49. The summed E-state index contributed by atoms with van der Waals surface area (Å²) in [5.74, 6) is 0.238. The number of nitriles is 1. The Balaban J connectivity index is 1.42. The average molecular weight is 403 g/mol. The molecule has 2 N–H and O–H groups in total. The second-order valence-electron chi connectivity index (χ2n) is 8.36. The van der Waals surface area contributed by atoms with Crippen molar-refractivity contribution < 1.29 is 9.59 Å². The molecule has 1 aliphatic heterocycles. The van der Waals surface area contributed by atoms with Crippen LogP contribution in [0.3, 0.4) is 0 Å². The normalized spacial score (nSPS) is 23.9. The van der Waals surface area contributed by atoms with E-state index in [0.29, 0.717) is 17.5 Å². The molecule has 7 heteroatoms. The van der Waals surface area contributed by atoms with E-state index in [-0.39, 0.29) is 36.9 Å². The zero-order valence-corrected chi connectivity index (χ0v) is 17.1. The van der Waals surface area contributed by atoms with Crippen LogP contribution in [0.4, 0.5) is 0 Å². The fraction of sp³-hybridized carbons (Fsp3) is 0.571. The molecule has 1 aromatic carbocycles. The summed E-state index contributed by atoms with van der Waals surface area (Å²) >= 11 is 5.92. The minimum Gasteiger partial charge on any atom is -0.353 e. The molecule has 2 aliphatic rings. The monoisotopic (exact) mass is 402 g/mol. The number of nitrogens with one attached hydrogen (secondary N) is 2. The summed E-state index contributed by atoms with van der Waals surface area (Å²) in [5.41, 5.74) is 0.682. The topological polar surface area (TPSA) is 85.2 Å². The van der Waals surface area contributed by atoms with Gasteiger partial charge < -0.3 is 15.5 Å². The molecule has 3 rings (SSSR count). The van der Waals surface area contributed by atoms with Gasteiger partial charge in [0.05, 0.1) is 12.6 Å². The quantitative estimate of drug-likeness (QED) is 0.734. The first-order valence-corrected chi connectivity index (χ1v) is 10.2. The van der Waals surface area contributed by atoms with Crippen LogP contribution in [0.5, 0.6) is 0 Å². The molecule has 0 aromatic heterocycles. The standard InChI is InChI=1S/C21H27ClN4O2/c1-21(2,24-13-20(28)26-9-3-4-16(26)12-23)11-19(27)25-18-10-17(18)14-5-7-15(22)8-6-14/h5-8,16-18,24H,3-4,9-11,13H2,1-2H3,(H,25,27)/t16-,17+,18-/m0/s1. The minimum atomic E-state index is -0.508. The number of halogens is 1. The highest BCUT2D eigenvalue weighted by atomic mass is 35.5. The molecule has 0 unspecified atom stereocenters. The lowest BCUT2D eigenvalue weighted by atomic mass is 10.00. The third-order valence-corrected chi connectivity index (χ3v) is 5.73. The van der Waals surface area contributed by atoms with E-state index < -0.39 is 5.54 Å². The second-order valence-corrected chi connectivity index (χ2v) is 8.79. The number of benzene rings is 1. The number of amides is 2. The highest BCUT2D eigenvalue weighted by molar-refractivity contribution is 6.30. The van der Waals surface area contributed by atoms with Gasteiger partial charge in [-0.15, -0.1) is 0 Å². The van der Waals surface area contributed by atoms with E-state index in [1.807, 2.05) is 38.1 Å². The number of nitrogens with zero attached hydrogens (tertiary/aromatic N) is 2. The van der Waals surface area contributed by atoms with Gasteiger partial charge in [-0.1, -0.05) is 23.7 Å². The number of hydrogen-bond donors (Lipinski definition) is 2. The first-order valence-electron chi connectivity index (χ1n) is 9.78. The van der Waals surface area contributed by atoms with Crippen molar-refractivity contribution in [1.82, 2.24) is 15.5 Å². The van der Waals surface area contributed by atoms with Crippen LogP contribution in [0.2, 0.25) is 5.02 Å². The number of hydrogen-bond acceptors (Lipinski definition) is 4.